The van der Waals surface area contributed by atoms with E-state index in [0.717, 1.165) is 24.2 Å². The summed E-state index contributed by atoms with van der Waals surface area (Å²) in [7, 11) is 1.96. The minimum absolute atomic E-state index is 0.195. The second-order valence-electron chi connectivity index (χ2n) is 5.36. The van der Waals surface area contributed by atoms with E-state index in [1.54, 1.807) is 0 Å². The summed E-state index contributed by atoms with van der Waals surface area (Å²) < 4.78 is 1.91. The number of benzene rings is 1. The molecule has 0 aliphatic carbocycles. The van der Waals surface area contributed by atoms with Crippen molar-refractivity contribution in [2.24, 2.45) is 7.05 Å². The fourth-order valence-electron chi connectivity index (χ4n) is 2.87. The molecule has 0 unspecified atom stereocenters. The first-order chi connectivity index (χ1) is 9.65. The molecule has 1 aliphatic rings. The Hall–Kier alpha value is -2.10. The lowest BCUT2D eigenvalue weighted by atomic mass is 10.0. The lowest BCUT2D eigenvalue weighted by Crippen LogP contribution is -2.37. The predicted molar refractivity (Wildman–Crippen MR) is 77.2 cm³/mol. The van der Waals surface area contributed by atoms with Gasteiger partial charge in [-0.15, -0.1) is 0 Å². The number of nitrogens with zero attached hydrogens (tertiary/aromatic N) is 3. The summed E-state index contributed by atoms with van der Waals surface area (Å²) in [5.74, 6) is 0.195. The van der Waals surface area contributed by atoms with Crippen molar-refractivity contribution in [2.45, 2.75) is 26.3 Å². The van der Waals surface area contributed by atoms with Crippen LogP contribution in [0.25, 0.3) is 0 Å². The van der Waals surface area contributed by atoms with Crippen LogP contribution in [0.15, 0.2) is 30.3 Å². The molecule has 20 heavy (non-hydrogen) atoms. The molecule has 4 heteroatoms. The molecule has 0 atom stereocenters. The van der Waals surface area contributed by atoms with Crippen LogP contribution in [0.4, 0.5) is 0 Å². The second-order valence-corrected chi connectivity index (χ2v) is 5.36. The van der Waals surface area contributed by atoms with Crippen molar-refractivity contribution in [3.63, 3.8) is 0 Å². The van der Waals surface area contributed by atoms with E-state index in [9.17, 15) is 4.79 Å². The molecule has 0 N–H and O–H groups in total. The van der Waals surface area contributed by atoms with E-state index in [4.69, 9.17) is 0 Å². The van der Waals surface area contributed by atoms with Crippen LogP contribution in [0.3, 0.4) is 0 Å². The number of aryl methyl sites for hydroxylation is 2. The van der Waals surface area contributed by atoms with E-state index in [2.05, 4.69) is 5.10 Å². The van der Waals surface area contributed by atoms with Gasteiger partial charge in [0.25, 0.3) is 0 Å². The standard InChI is InChI=1S/C16H19N3O/c1-12-14-8-9-19(11-15(14)18(2)17-12)16(20)10-13-6-4-3-5-7-13/h3-7H,8-11H2,1-2H3. The molecule has 104 valence electrons. The van der Waals surface area contributed by atoms with Crippen LogP contribution in [0.1, 0.15) is 22.5 Å². The SMILES string of the molecule is Cc1nn(C)c2c1CCN(C(=O)Cc1ccccc1)C2. The molecule has 2 aromatic rings. The fraction of sp³-hybridized carbons (Fsp3) is 0.375. The summed E-state index contributed by atoms with van der Waals surface area (Å²) >= 11 is 0. The van der Waals surface area contributed by atoms with Crippen molar-refractivity contribution in [2.75, 3.05) is 6.54 Å². The fourth-order valence-corrected chi connectivity index (χ4v) is 2.87. The highest BCUT2D eigenvalue weighted by molar-refractivity contribution is 5.79. The Bertz CT molecular complexity index is 631. The maximum absolute atomic E-state index is 12.4. The topological polar surface area (TPSA) is 38.1 Å². The second kappa shape index (κ2) is 5.12. The predicted octanol–water partition coefficient (Wildman–Crippen LogP) is 1.86. The van der Waals surface area contributed by atoms with E-state index in [0.29, 0.717) is 13.0 Å². The van der Waals surface area contributed by atoms with Gasteiger partial charge in [-0.05, 0) is 24.5 Å². The molecule has 2 heterocycles. The summed E-state index contributed by atoms with van der Waals surface area (Å²) in [5.41, 5.74) is 4.66. The van der Waals surface area contributed by atoms with Crippen molar-refractivity contribution in [3.05, 3.63) is 52.8 Å². The van der Waals surface area contributed by atoms with Crippen molar-refractivity contribution < 1.29 is 4.79 Å². The number of hydrogen-bond donors (Lipinski definition) is 0. The van der Waals surface area contributed by atoms with Crippen LogP contribution in [0, 0.1) is 6.92 Å². The van der Waals surface area contributed by atoms with Gasteiger partial charge < -0.3 is 4.90 Å². The Balaban J connectivity index is 1.74. The summed E-state index contributed by atoms with van der Waals surface area (Å²) in [6.07, 6.45) is 1.39. The molecular weight excluding hydrogens is 250 g/mol. The van der Waals surface area contributed by atoms with Gasteiger partial charge in [-0.3, -0.25) is 9.48 Å². The average Bonchev–Trinajstić information content (AvgIpc) is 2.75. The van der Waals surface area contributed by atoms with Gasteiger partial charge in [-0.25, -0.2) is 0 Å². The highest BCUT2D eigenvalue weighted by atomic mass is 16.2. The number of aromatic nitrogens is 2. The quantitative estimate of drug-likeness (QED) is 0.834. The van der Waals surface area contributed by atoms with Gasteiger partial charge in [0.1, 0.15) is 0 Å². The van der Waals surface area contributed by atoms with Crippen LogP contribution >= 0.6 is 0 Å². The molecule has 0 bridgehead atoms. The van der Waals surface area contributed by atoms with E-state index in [1.807, 2.05) is 53.9 Å². The Kier molecular flexibility index (Phi) is 3.30. The normalized spacial score (nSPS) is 14.2. The number of carbonyl (C=O) groups excluding carboxylic acids is 1. The van der Waals surface area contributed by atoms with E-state index in [1.165, 1.54) is 11.3 Å². The van der Waals surface area contributed by atoms with E-state index >= 15 is 0 Å². The molecule has 1 aromatic carbocycles. The zero-order valence-corrected chi connectivity index (χ0v) is 12.0. The third-order valence-electron chi connectivity index (χ3n) is 4.00. The molecule has 0 radical (unpaired) electrons. The van der Waals surface area contributed by atoms with Gasteiger partial charge in [-0.1, -0.05) is 30.3 Å². The summed E-state index contributed by atoms with van der Waals surface area (Å²) in [6.45, 7) is 3.52. The molecule has 3 rings (SSSR count). The molecule has 1 aromatic heterocycles. The van der Waals surface area contributed by atoms with Crippen LogP contribution in [-0.4, -0.2) is 27.1 Å². The number of amides is 1. The number of fused-ring (bicyclic) bond motifs is 1. The lowest BCUT2D eigenvalue weighted by molar-refractivity contribution is -0.131. The zero-order chi connectivity index (χ0) is 14.1. The maximum atomic E-state index is 12.4. The van der Waals surface area contributed by atoms with Gasteiger partial charge in [0.15, 0.2) is 0 Å². The molecule has 0 fully saturated rings. The monoisotopic (exact) mass is 269 g/mol. The molecule has 4 nitrogen and oxygen atoms in total. The molecule has 0 spiro atoms. The van der Waals surface area contributed by atoms with Crippen LogP contribution in [0.5, 0.6) is 0 Å². The zero-order valence-electron chi connectivity index (χ0n) is 12.0. The summed E-state index contributed by atoms with van der Waals surface area (Å²) in [6, 6.07) is 9.92. The van der Waals surface area contributed by atoms with Crippen molar-refractivity contribution >= 4 is 5.91 Å². The minimum Gasteiger partial charge on any atom is -0.336 e. The van der Waals surface area contributed by atoms with E-state index < -0.39 is 0 Å². The lowest BCUT2D eigenvalue weighted by Gasteiger charge is -2.27. The minimum atomic E-state index is 0.195. The first-order valence-corrected chi connectivity index (χ1v) is 6.98. The van der Waals surface area contributed by atoms with Crippen LogP contribution in [-0.2, 0) is 31.2 Å². The first kappa shape index (κ1) is 12.9. The highest BCUT2D eigenvalue weighted by Crippen LogP contribution is 2.21. The van der Waals surface area contributed by atoms with Crippen molar-refractivity contribution in [1.29, 1.82) is 0 Å². The van der Waals surface area contributed by atoms with Crippen molar-refractivity contribution in [3.8, 4) is 0 Å². The van der Waals surface area contributed by atoms with Gasteiger partial charge in [0, 0.05) is 13.6 Å². The third kappa shape index (κ3) is 2.33. The third-order valence-corrected chi connectivity index (χ3v) is 4.00. The molecule has 1 amide bonds. The van der Waals surface area contributed by atoms with Gasteiger partial charge >= 0.3 is 0 Å². The number of hydrogen-bond acceptors (Lipinski definition) is 2. The maximum Gasteiger partial charge on any atom is 0.227 e. The Morgan fingerprint density at radius 3 is 2.80 bits per heavy atom. The van der Waals surface area contributed by atoms with Gasteiger partial charge in [-0.2, -0.15) is 5.10 Å². The Morgan fingerprint density at radius 1 is 1.30 bits per heavy atom. The van der Waals surface area contributed by atoms with Crippen LogP contribution < -0.4 is 0 Å². The Labute approximate surface area is 119 Å². The molecule has 0 saturated heterocycles. The molecular formula is C16H19N3O. The largest absolute Gasteiger partial charge is 0.336 e. The number of carbonyl (C=O) groups is 1. The number of rotatable bonds is 2. The Morgan fingerprint density at radius 2 is 2.05 bits per heavy atom. The highest BCUT2D eigenvalue weighted by Gasteiger charge is 2.25. The summed E-state index contributed by atoms with van der Waals surface area (Å²) in [5, 5.41) is 4.45. The molecule has 1 aliphatic heterocycles. The smallest absolute Gasteiger partial charge is 0.227 e. The van der Waals surface area contributed by atoms with Crippen LogP contribution in [0.2, 0.25) is 0 Å². The average molecular weight is 269 g/mol. The first-order valence-electron chi connectivity index (χ1n) is 6.98. The van der Waals surface area contributed by atoms with Gasteiger partial charge in [0.2, 0.25) is 5.91 Å². The molecule has 0 saturated carbocycles. The van der Waals surface area contributed by atoms with Crippen molar-refractivity contribution in [1.82, 2.24) is 14.7 Å². The van der Waals surface area contributed by atoms with Gasteiger partial charge in [0.05, 0.1) is 24.4 Å². The summed E-state index contributed by atoms with van der Waals surface area (Å²) in [4.78, 5) is 14.3. The van der Waals surface area contributed by atoms with E-state index in [-0.39, 0.29) is 5.91 Å².